The van der Waals surface area contributed by atoms with Crippen molar-refractivity contribution in [2.75, 3.05) is 0 Å². The van der Waals surface area contributed by atoms with Gasteiger partial charge in [-0.1, -0.05) is 102 Å². The Bertz CT molecular complexity index is 997. The Kier molecular flexibility index (Phi) is 9.03. The van der Waals surface area contributed by atoms with Gasteiger partial charge in [-0.05, 0) is 29.2 Å². The van der Waals surface area contributed by atoms with Gasteiger partial charge in [-0.2, -0.15) is 0 Å². The maximum absolute atomic E-state index is 6.66. The van der Waals surface area contributed by atoms with Gasteiger partial charge in [0, 0.05) is 16.1 Å². The van der Waals surface area contributed by atoms with Crippen molar-refractivity contribution in [2.24, 2.45) is 5.92 Å². The molecule has 0 amide bonds. The van der Waals surface area contributed by atoms with Crippen LogP contribution in [0.4, 0.5) is 0 Å². The van der Waals surface area contributed by atoms with Gasteiger partial charge in [-0.15, -0.1) is 11.3 Å². The molecule has 0 N–H and O–H groups in total. The normalized spacial score (nSPS) is 25.3. The van der Waals surface area contributed by atoms with Crippen molar-refractivity contribution in [3.8, 4) is 0 Å². The molecule has 0 unspecified atom stereocenters. The first-order valence-electron chi connectivity index (χ1n) is 11.4. The molecule has 6 heteroatoms. The van der Waals surface area contributed by atoms with E-state index in [0.717, 1.165) is 32.3 Å². The second-order valence-electron chi connectivity index (χ2n) is 8.47. The highest BCUT2D eigenvalue weighted by Crippen LogP contribution is 2.44. The van der Waals surface area contributed by atoms with Crippen molar-refractivity contribution in [3.63, 3.8) is 0 Å². The molecule has 1 saturated heterocycles. The third-order valence-corrected chi connectivity index (χ3v) is 8.33. The molecule has 1 aliphatic rings. The van der Waals surface area contributed by atoms with E-state index in [1.165, 1.54) is 0 Å². The molecular weight excluding hydrogens is 520 g/mol. The largest absolute Gasteiger partial charge is 0.370 e. The highest BCUT2D eigenvalue weighted by molar-refractivity contribution is 9.08. The number of alkyl halides is 1. The zero-order chi connectivity index (χ0) is 23.2. The Labute approximate surface area is 214 Å². The molecule has 2 heterocycles. The van der Waals surface area contributed by atoms with Crippen LogP contribution < -0.4 is 0 Å². The summed E-state index contributed by atoms with van der Waals surface area (Å²) in [7, 11) is 0. The minimum absolute atomic E-state index is 0.0839. The molecule has 5 atom stereocenters. The lowest BCUT2D eigenvalue weighted by Crippen LogP contribution is -2.51. The van der Waals surface area contributed by atoms with Crippen molar-refractivity contribution >= 4 is 38.9 Å². The van der Waals surface area contributed by atoms with Gasteiger partial charge in [0.05, 0.1) is 29.8 Å². The average molecular weight is 550 g/mol. The Morgan fingerprint density at radius 3 is 2.03 bits per heavy atom. The molecular formula is C27H30BrClO3S. The highest BCUT2D eigenvalue weighted by atomic mass is 79.9. The van der Waals surface area contributed by atoms with Gasteiger partial charge in [-0.25, -0.2) is 0 Å². The van der Waals surface area contributed by atoms with Crippen LogP contribution in [-0.2, 0) is 32.8 Å². The summed E-state index contributed by atoms with van der Waals surface area (Å²) >= 11 is 11.6. The van der Waals surface area contributed by atoms with E-state index in [1.807, 2.05) is 36.4 Å². The average Bonchev–Trinajstić information content (AvgIpc) is 3.23. The van der Waals surface area contributed by atoms with Gasteiger partial charge in [0.15, 0.2) is 0 Å². The highest BCUT2D eigenvalue weighted by Gasteiger charge is 2.46. The molecule has 33 heavy (non-hydrogen) atoms. The molecule has 1 fully saturated rings. The van der Waals surface area contributed by atoms with Crippen LogP contribution >= 0.6 is 38.9 Å². The monoisotopic (exact) mass is 548 g/mol. The molecule has 0 spiro atoms. The minimum atomic E-state index is -0.246. The lowest BCUT2D eigenvalue weighted by Gasteiger charge is -2.45. The molecule has 3 aromatic rings. The van der Waals surface area contributed by atoms with Crippen LogP contribution in [0.25, 0.3) is 0 Å². The van der Waals surface area contributed by atoms with Gasteiger partial charge in [0.2, 0.25) is 0 Å². The molecule has 0 saturated carbocycles. The predicted octanol–water partition coefficient (Wildman–Crippen LogP) is 7.95. The SMILES string of the molecule is CC[C@H]1O[C@@H](c2cc(CBr)c(Cl)s2)[C@H](OCc2ccccc2)[C@@H](OCc2ccccc2)[C@@H]1C. The molecule has 176 valence electrons. The van der Waals surface area contributed by atoms with Crippen LogP contribution in [0.1, 0.15) is 47.9 Å². The predicted molar refractivity (Wildman–Crippen MR) is 139 cm³/mol. The third kappa shape index (κ3) is 6.08. The van der Waals surface area contributed by atoms with Gasteiger partial charge in [-0.3, -0.25) is 0 Å². The minimum Gasteiger partial charge on any atom is -0.370 e. The number of hydrogen-bond donors (Lipinski definition) is 0. The van der Waals surface area contributed by atoms with Gasteiger partial charge >= 0.3 is 0 Å². The maximum Gasteiger partial charge on any atom is 0.121 e. The molecule has 1 aromatic heterocycles. The van der Waals surface area contributed by atoms with Gasteiger partial charge in [0.25, 0.3) is 0 Å². The van der Waals surface area contributed by atoms with Gasteiger partial charge < -0.3 is 14.2 Å². The van der Waals surface area contributed by atoms with E-state index in [9.17, 15) is 0 Å². The molecule has 1 aliphatic heterocycles. The lowest BCUT2D eigenvalue weighted by atomic mass is 9.86. The summed E-state index contributed by atoms with van der Waals surface area (Å²) in [5.41, 5.74) is 3.37. The Morgan fingerprint density at radius 1 is 0.939 bits per heavy atom. The Balaban J connectivity index is 1.63. The van der Waals surface area contributed by atoms with E-state index in [2.05, 4.69) is 60.1 Å². The lowest BCUT2D eigenvalue weighted by molar-refractivity contribution is -0.234. The number of halogens is 2. The zero-order valence-electron chi connectivity index (χ0n) is 19.0. The van der Waals surface area contributed by atoms with Crippen LogP contribution in [0, 0.1) is 5.92 Å². The van der Waals surface area contributed by atoms with Crippen molar-refractivity contribution in [3.05, 3.63) is 92.6 Å². The molecule has 0 bridgehead atoms. The van der Waals surface area contributed by atoms with Gasteiger partial charge in [0.1, 0.15) is 12.2 Å². The fourth-order valence-corrected chi connectivity index (χ4v) is 6.54. The maximum atomic E-state index is 6.66. The van der Waals surface area contributed by atoms with Crippen LogP contribution in [0.5, 0.6) is 0 Å². The summed E-state index contributed by atoms with van der Waals surface area (Å²) in [6, 6.07) is 22.7. The van der Waals surface area contributed by atoms with Crippen molar-refractivity contribution < 1.29 is 14.2 Å². The summed E-state index contributed by atoms with van der Waals surface area (Å²) in [6.07, 6.45) is 0.417. The fraction of sp³-hybridized carbons (Fsp3) is 0.407. The smallest absolute Gasteiger partial charge is 0.121 e. The summed E-state index contributed by atoms with van der Waals surface area (Å²) in [4.78, 5) is 1.09. The third-order valence-electron chi connectivity index (χ3n) is 6.22. The van der Waals surface area contributed by atoms with Crippen LogP contribution in [-0.4, -0.2) is 18.3 Å². The Morgan fingerprint density at radius 2 is 1.52 bits per heavy atom. The summed E-state index contributed by atoms with van der Waals surface area (Å²) in [6.45, 7) is 5.43. The topological polar surface area (TPSA) is 27.7 Å². The van der Waals surface area contributed by atoms with Crippen molar-refractivity contribution in [1.82, 2.24) is 0 Å². The molecule has 4 rings (SSSR count). The quantitative estimate of drug-likeness (QED) is 0.253. The summed E-state index contributed by atoms with van der Waals surface area (Å²) < 4.78 is 20.6. The van der Waals surface area contributed by atoms with E-state index in [0.29, 0.717) is 18.5 Å². The first-order chi connectivity index (χ1) is 16.1. The Hall–Kier alpha value is -1.21. The van der Waals surface area contributed by atoms with E-state index < -0.39 is 0 Å². The number of hydrogen-bond acceptors (Lipinski definition) is 4. The van der Waals surface area contributed by atoms with E-state index in [1.54, 1.807) is 11.3 Å². The van der Waals surface area contributed by atoms with E-state index in [4.69, 9.17) is 25.8 Å². The molecule has 0 radical (unpaired) electrons. The first-order valence-corrected chi connectivity index (χ1v) is 13.7. The summed E-state index contributed by atoms with van der Waals surface area (Å²) in [5.74, 6) is 0.196. The number of thiophene rings is 1. The second-order valence-corrected chi connectivity index (χ2v) is 10.7. The molecule has 3 nitrogen and oxygen atoms in total. The van der Waals surface area contributed by atoms with Crippen LogP contribution in [0.3, 0.4) is 0 Å². The molecule has 2 aromatic carbocycles. The number of ether oxygens (including phenoxy) is 3. The van der Waals surface area contributed by atoms with Crippen LogP contribution in [0.15, 0.2) is 66.7 Å². The van der Waals surface area contributed by atoms with Crippen molar-refractivity contribution in [1.29, 1.82) is 0 Å². The number of rotatable bonds is 9. The summed E-state index contributed by atoms with van der Waals surface area (Å²) in [5, 5.41) is 0.714. The second kappa shape index (κ2) is 12.0. The van der Waals surface area contributed by atoms with Crippen LogP contribution in [0.2, 0.25) is 4.34 Å². The fourth-order valence-electron chi connectivity index (χ4n) is 4.39. The van der Waals surface area contributed by atoms with E-state index in [-0.39, 0.29) is 30.3 Å². The first kappa shape index (κ1) is 24.9. The number of benzene rings is 2. The zero-order valence-corrected chi connectivity index (χ0v) is 22.1. The standard InChI is InChI=1S/C27H30BrClO3S/c1-3-22-18(2)24(30-16-19-10-6-4-7-11-19)26(31-17-20-12-8-5-9-13-20)25(32-22)23-14-21(15-28)27(29)33-23/h4-14,18,22,24-26H,3,15-17H2,1-2H3/t18-,22-,24+,25+,26-/m1/s1. The van der Waals surface area contributed by atoms with Crippen molar-refractivity contribution in [2.45, 2.75) is 63.2 Å². The molecule has 0 aliphatic carbocycles. The van der Waals surface area contributed by atoms with E-state index >= 15 is 0 Å².